The molecule has 0 aromatic heterocycles. The van der Waals surface area contributed by atoms with E-state index >= 15 is 0 Å². The first-order valence-corrected chi connectivity index (χ1v) is 8.92. The molecule has 0 aliphatic carbocycles. The highest BCUT2D eigenvalue weighted by Crippen LogP contribution is 2.30. The average Bonchev–Trinajstić information content (AvgIpc) is 2.45. The number of rotatable bonds is 15. The Hall–Kier alpha value is -0.160. The highest BCUT2D eigenvalue weighted by atomic mass is 16.5. The second-order valence-electron chi connectivity index (χ2n) is 6.84. The van der Waals surface area contributed by atoms with Gasteiger partial charge in [0.2, 0.25) is 0 Å². The van der Waals surface area contributed by atoms with E-state index in [0.717, 1.165) is 12.8 Å². The summed E-state index contributed by atoms with van der Waals surface area (Å²) in [4.78, 5) is 0. The van der Waals surface area contributed by atoms with E-state index in [9.17, 15) is 5.11 Å². The summed E-state index contributed by atoms with van der Waals surface area (Å²) in [6.45, 7) is 9.18. The SMILES string of the molecule is CCCCCCCCCC(C)(O)C(C)(C)OCCOCCO. The molecule has 0 amide bonds. The molecule has 0 aliphatic heterocycles. The number of aliphatic hydroxyl groups is 2. The molecule has 4 heteroatoms. The van der Waals surface area contributed by atoms with Crippen LogP contribution in [0, 0.1) is 0 Å². The van der Waals surface area contributed by atoms with Gasteiger partial charge in [-0.1, -0.05) is 51.9 Å². The van der Waals surface area contributed by atoms with Crippen LogP contribution in [0.1, 0.15) is 79.1 Å². The van der Waals surface area contributed by atoms with Crippen LogP contribution in [0.25, 0.3) is 0 Å². The normalized spacial score (nSPS) is 15.0. The lowest BCUT2D eigenvalue weighted by molar-refractivity contribution is -0.167. The van der Waals surface area contributed by atoms with Gasteiger partial charge in [-0.2, -0.15) is 0 Å². The Morgan fingerprint density at radius 2 is 1.41 bits per heavy atom. The minimum absolute atomic E-state index is 0.0271. The van der Waals surface area contributed by atoms with Crippen LogP contribution in [0.5, 0.6) is 0 Å². The Bertz CT molecular complexity index is 251. The lowest BCUT2D eigenvalue weighted by atomic mass is 9.83. The van der Waals surface area contributed by atoms with E-state index in [0.29, 0.717) is 19.8 Å². The minimum Gasteiger partial charge on any atom is -0.394 e. The van der Waals surface area contributed by atoms with Crippen molar-refractivity contribution < 1.29 is 19.7 Å². The van der Waals surface area contributed by atoms with Crippen molar-refractivity contribution in [2.24, 2.45) is 0 Å². The number of ether oxygens (including phenoxy) is 2. The lowest BCUT2D eigenvalue weighted by Crippen LogP contribution is -2.50. The molecule has 1 unspecified atom stereocenters. The summed E-state index contributed by atoms with van der Waals surface area (Å²) < 4.78 is 11.0. The zero-order valence-corrected chi connectivity index (χ0v) is 15.2. The van der Waals surface area contributed by atoms with E-state index in [4.69, 9.17) is 14.6 Å². The van der Waals surface area contributed by atoms with Gasteiger partial charge >= 0.3 is 0 Å². The predicted molar refractivity (Wildman–Crippen MR) is 91.2 cm³/mol. The third kappa shape index (κ3) is 9.78. The summed E-state index contributed by atoms with van der Waals surface area (Å²) >= 11 is 0. The first kappa shape index (κ1) is 21.8. The Morgan fingerprint density at radius 3 is 2.00 bits per heavy atom. The number of unbranched alkanes of at least 4 members (excludes halogenated alkanes) is 6. The van der Waals surface area contributed by atoms with Gasteiger partial charge in [0, 0.05) is 0 Å². The summed E-state index contributed by atoms with van der Waals surface area (Å²) in [7, 11) is 0. The fourth-order valence-electron chi connectivity index (χ4n) is 2.41. The number of hydrogen-bond donors (Lipinski definition) is 2. The zero-order valence-electron chi connectivity index (χ0n) is 15.2. The summed E-state index contributed by atoms with van der Waals surface area (Å²) in [5.74, 6) is 0. The highest BCUT2D eigenvalue weighted by molar-refractivity contribution is 4.91. The molecule has 4 nitrogen and oxygen atoms in total. The molecule has 0 spiro atoms. The van der Waals surface area contributed by atoms with Gasteiger partial charge in [-0.25, -0.2) is 0 Å². The largest absolute Gasteiger partial charge is 0.394 e. The molecule has 0 radical (unpaired) electrons. The minimum atomic E-state index is -0.840. The molecule has 0 aromatic carbocycles. The molecule has 134 valence electrons. The van der Waals surface area contributed by atoms with Crippen molar-refractivity contribution in [3.8, 4) is 0 Å². The fourth-order valence-corrected chi connectivity index (χ4v) is 2.41. The van der Waals surface area contributed by atoms with Gasteiger partial charge in [-0.15, -0.1) is 0 Å². The maximum absolute atomic E-state index is 10.7. The van der Waals surface area contributed by atoms with Crippen molar-refractivity contribution in [3.05, 3.63) is 0 Å². The fraction of sp³-hybridized carbons (Fsp3) is 1.00. The van der Waals surface area contributed by atoms with Crippen molar-refractivity contribution in [2.75, 3.05) is 26.4 Å². The van der Waals surface area contributed by atoms with Gasteiger partial charge in [0.25, 0.3) is 0 Å². The van der Waals surface area contributed by atoms with Crippen molar-refractivity contribution in [1.82, 2.24) is 0 Å². The Morgan fingerprint density at radius 1 is 0.818 bits per heavy atom. The van der Waals surface area contributed by atoms with Gasteiger partial charge in [0.1, 0.15) is 0 Å². The second kappa shape index (κ2) is 12.3. The molecule has 0 aliphatic rings. The van der Waals surface area contributed by atoms with Crippen molar-refractivity contribution >= 4 is 0 Å². The Balaban J connectivity index is 3.86. The van der Waals surface area contributed by atoms with Gasteiger partial charge in [0.15, 0.2) is 0 Å². The maximum Gasteiger partial charge on any atom is 0.0910 e. The van der Waals surface area contributed by atoms with E-state index < -0.39 is 11.2 Å². The molecule has 0 aromatic rings. The Labute approximate surface area is 137 Å². The summed E-state index contributed by atoms with van der Waals surface area (Å²) in [5, 5.41) is 19.3. The zero-order chi connectivity index (χ0) is 16.9. The van der Waals surface area contributed by atoms with E-state index in [1.165, 1.54) is 38.5 Å². The van der Waals surface area contributed by atoms with E-state index in [1.54, 1.807) is 0 Å². The predicted octanol–water partition coefficient (Wildman–Crippen LogP) is 3.68. The van der Waals surface area contributed by atoms with Crippen LogP contribution in [0.3, 0.4) is 0 Å². The van der Waals surface area contributed by atoms with Gasteiger partial charge in [-0.05, 0) is 27.2 Å². The number of hydrogen-bond acceptors (Lipinski definition) is 4. The quantitative estimate of drug-likeness (QED) is 0.452. The molecule has 0 heterocycles. The van der Waals surface area contributed by atoms with Gasteiger partial charge in [0.05, 0.1) is 37.6 Å². The van der Waals surface area contributed by atoms with E-state index in [2.05, 4.69) is 6.92 Å². The third-order valence-corrected chi connectivity index (χ3v) is 4.49. The van der Waals surface area contributed by atoms with E-state index in [1.807, 2.05) is 20.8 Å². The van der Waals surface area contributed by atoms with Crippen molar-refractivity contribution in [2.45, 2.75) is 90.3 Å². The average molecular weight is 318 g/mol. The van der Waals surface area contributed by atoms with Crippen LogP contribution in [-0.4, -0.2) is 47.8 Å². The smallest absolute Gasteiger partial charge is 0.0910 e. The molecule has 2 N–H and O–H groups in total. The van der Waals surface area contributed by atoms with Crippen molar-refractivity contribution in [3.63, 3.8) is 0 Å². The van der Waals surface area contributed by atoms with Crippen molar-refractivity contribution in [1.29, 1.82) is 0 Å². The molecule has 0 saturated heterocycles. The van der Waals surface area contributed by atoms with Crippen LogP contribution in [0.15, 0.2) is 0 Å². The first-order chi connectivity index (χ1) is 10.4. The summed E-state index contributed by atoms with van der Waals surface area (Å²) in [6.07, 6.45) is 9.47. The molecule has 0 fully saturated rings. The first-order valence-electron chi connectivity index (χ1n) is 8.92. The monoisotopic (exact) mass is 318 g/mol. The second-order valence-corrected chi connectivity index (χ2v) is 6.84. The highest BCUT2D eigenvalue weighted by Gasteiger charge is 2.39. The van der Waals surface area contributed by atoms with Crippen LogP contribution in [-0.2, 0) is 9.47 Å². The molecular formula is C18H38O4. The maximum atomic E-state index is 10.7. The molecule has 1 atom stereocenters. The van der Waals surface area contributed by atoms with Gasteiger partial charge < -0.3 is 19.7 Å². The van der Waals surface area contributed by atoms with Crippen LogP contribution >= 0.6 is 0 Å². The molecule has 22 heavy (non-hydrogen) atoms. The molecule has 0 rings (SSSR count). The molecule has 0 saturated carbocycles. The molecule has 0 bridgehead atoms. The topological polar surface area (TPSA) is 58.9 Å². The molecular weight excluding hydrogens is 280 g/mol. The van der Waals surface area contributed by atoms with Gasteiger partial charge in [-0.3, -0.25) is 0 Å². The Kier molecular flexibility index (Phi) is 12.2. The van der Waals surface area contributed by atoms with E-state index in [-0.39, 0.29) is 6.61 Å². The summed E-state index contributed by atoms with van der Waals surface area (Å²) in [5.41, 5.74) is -1.44. The van der Waals surface area contributed by atoms with Crippen LogP contribution < -0.4 is 0 Å². The standard InChI is InChI=1S/C18H38O4/c1-5-6-7-8-9-10-11-12-18(4,20)17(2,3)22-16-15-21-14-13-19/h19-20H,5-16H2,1-4H3. The van der Waals surface area contributed by atoms with Crippen LogP contribution in [0.4, 0.5) is 0 Å². The lowest BCUT2D eigenvalue weighted by Gasteiger charge is -2.40. The van der Waals surface area contributed by atoms with Crippen LogP contribution in [0.2, 0.25) is 0 Å². The summed E-state index contributed by atoms with van der Waals surface area (Å²) in [6, 6.07) is 0. The number of aliphatic hydroxyl groups excluding tert-OH is 1. The third-order valence-electron chi connectivity index (χ3n) is 4.49.